The van der Waals surface area contributed by atoms with Crippen molar-refractivity contribution in [1.82, 2.24) is 0 Å². The Hall–Kier alpha value is -1.46. The summed E-state index contributed by atoms with van der Waals surface area (Å²) >= 11 is 0. The molecule has 0 aliphatic heterocycles. The third-order valence-electron chi connectivity index (χ3n) is 5.94. The Balaban J connectivity index is 2.20. The van der Waals surface area contributed by atoms with Gasteiger partial charge in [0.15, 0.2) is 0 Å². The molecule has 0 bridgehead atoms. The zero-order valence-electron chi connectivity index (χ0n) is 19.2. The van der Waals surface area contributed by atoms with E-state index in [9.17, 15) is 10.2 Å². The van der Waals surface area contributed by atoms with Crippen molar-refractivity contribution in [3.8, 4) is 0 Å². The van der Waals surface area contributed by atoms with Gasteiger partial charge in [0.05, 0.1) is 12.7 Å². The minimum atomic E-state index is -2.68. The molecule has 0 aliphatic carbocycles. The Kier molecular flexibility index (Phi) is 9.76. The zero-order valence-corrected chi connectivity index (χ0v) is 20.2. The lowest BCUT2D eigenvalue weighted by Crippen LogP contribution is -2.67. The van der Waals surface area contributed by atoms with Crippen LogP contribution in [0.5, 0.6) is 0 Å². The van der Waals surface area contributed by atoms with E-state index < -0.39 is 20.5 Å². The topological polar surface area (TPSA) is 49.7 Å². The fraction of sp³-hybridized carbons (Fsp3) is 0.538. The van der Waals surface area contributed by atoms with E-state index in [-0.39, 0.29) is 11.6 Å². The highest BCUT2D eigenvalue weighted by Crippen LogP contribution is 2.36. The van der Waals surface area contributed by atoms with E-state index in [2.05, 4.69) is 76.2 Å². The molecule has 30 heavy (non-hydrogen) atoms. The van der Waals surface area contributed by atoms with Crippen LogP contribution in [-0.2, 0) is 4.43 Å². The summed E-state index contributed by atoms with van der Waals surface area (Å²) < 4.78 is 6.72. The van der Waals surface area contributed by atoms with Gasteiger partial charge in [0.2, 0.25) is 0 Å². The lowest BCUT2D eigenvalue weighted by molar-refractivity contribution is -0.0147. The van der Waals surface area contributed by atoms with Crippen molar-refractivity contribution in [3.05, 3.63) is 60.7 Å². The van der Waals surface area contributed by atoms with Gasteiger partial charge in [0.1, 0.15) is 6.10 Å². The second-order valence-electron chi connectivity index (χ2n) is 9.31. The number of benzene rings is 2. The van der Waals surface area contributed by atoms with Crippen LogP contribution in [0.4, 0.5) is 0 Å². The molecular formula is C26H40O3Si. The smallest absolute Gasteiger partial charge is 0.261 e. The van der Waals surface area contributed by atoms with E-state index in [1.165, 1.54) is 29.6 Å². The molecule has 3 nitrogen and oxygen atoms in total. The first kappa shape index (κ1) is 24.8. The maximum Gasteiger partial charge on any atom is 0.261 e. The van der Waals surface area contributed by atoms with E-state index in [1.54, 1.807) is 0 Å². The van der Waals surface area contributed by atoms with Crippen LogP contribution in [0.1, 0.15) is 66.2 Å². The molecule has 2 aromatic rings. The van der Waals surface area contributed by atoms with Gasteiger partial charge in [-0.2, -0.15) is 0 Å². The summed E-state index contributed by atoms with van der Waals surface area (Å²) in [5, 5.41) is 23.4. The molecule has 2 N–H and O–H groups in total. The minimum Gasteiger partial charge on any atom is -0.405 e. The molecule has 0 saturated heterocycles. The monoisotopic (exact) mass is 428 g/mol. The van der Waals surface area contributed by atoms with Crippen LogP contribution in [0.2, 0.25) is 5.04 Å². The highest BCUT2D eigenvalue weighted by atomic mass is 28.4. The maximum absolute atomic E-state index is 10.7. The molecule has 0 amide bonds. The number of hydrogen-bond donors (Lipinski definition) is 2. The van der Waals surface area contributed by atoms with E-state index in [0.29, 0.717) is 6.42 Å². The Morgan fingerprint density at radius 2 is 1.27 bits per heavy atom. The summed E-state index contributed by atoms with van der Waals surface area (Å²) in [4.78, 5) is 0. The van der Waals surface area contributed by atoms with Crippen LogP contribution < -0.4 is 10.4 Å². The van der Waals surface area contributed by atoms with Crippen LogP contribution in [0, 0.1) is 0 Å². The van der Waals surface area contributed by atoms with Gasteiger partial charge in [0, 0.05) is 0 Å². The number of aliphatic hydroxyl groups is 2. The van der Waals surface area contributed by atoms with Crippen molar-refractivity contribution in [2.45, 2.75) is 83.5 Å². The molecule has 4 heteroatoms. The fourth-order valence-electron chi connectivity index (χ4n) is 4.23. The quantitative estimate of drug-likeness (QED) is 0.382. The first-order chi connectivity index (χ1) is 14.3. The van der Waals surface area contributed by atoms with Crippen molar-refractivity contribution >= 4 is 18.7 Å². The zero-order chi connectivity index (χ0) is 22.0. The van der Waals surface area contributed by atoms with Gasteiger partial charge in [-0.15, -0.1) is 0 Å². The molecule has 0 aromatic heterocycles. The van der Waals surface area contributed by atoms with Gasteiger partial charge in [-0.05, 0) is 21.8 Å². The molecule has 0 heterocycles. The molecule has 2 atom stereocenters. The Bertz CT molecular complexity index is 673. The Morgan fingerprint density at radius 1 is 0.767 bits per heavy atom. The van der Waals surface area contributed by atoms with Gasteiger partial charge in [-0.3, -0.25) is 0 Å². The minimum absolute atomic E-state index is 0.138. The van der Waals surface area contributed by atoms with Gasteiger partial charge in [0.25, 0.3) is 8.32 Å². The Labute approximate surface area is 184 Å². The number of hydrogen-bond acceptors (Lipinski definition) is 3. The van der Waals surface area contributed by atoms with Crippen LogP contribution in [-0.4, -0.2) is 37.3 Å². The highest BCUT2D eigenvalue weighted by Gasteiger charge is 2.50. The first-order valence-electron chi connectivity index (χ1n) is 11.4. The Morgan fingerprint density at radius 3 is 1.73 bits per heavy atom. The summed E-state index contributed by atoms with van der Waals surface area (Å²) in [5.41, 5.74) is 0. The van der Waals surface area contributed by atoms with Gasteiger partial charge in [-0.25, -0.2) is 0 Å². The van der Waals surface area contributed by atoms with Gasteiger partial charge >= 0.3 is 0 Å². The van der Waals surface area contributed by atoms with Crippen molar-refractivity contribution in [1.29, 1.82) is 0 Å². The summed E-state index contributed by atoms with van der Waals surface area (Å²) in [6.07, 6.45) is 4.67. The molecule has 2 aromatic carbocycles. The first-order valence-corrected chi connectivity index (χ1v) is 13.3. The van der Waals surface area contributed by atoms with Gasteiger partial charge < -0.3 is 14.6 Å². The molecule has 0 aliphatic rings. The number of unbranched alkanes of at least 4 members (excludes halogenated alkanes) is 4. The number of aliphatic hydroxyl groups excluding tert-OH is 2. The predicted octanol–water partition coefficient (Wildman–Crippen LogP) is 4.65. The van der Waals surface area contributed by atoms with Crippen LogP contribution in [0.15, 0.2) is 60.7 Å². The van der Waals surface area contributed by atoms with E-state index in [0.717, 1.165) is 12.8 Å². The third-order valence-corrected chi connectivity index (χ3v) is 10.9. The average molecular weight is 429 g/mol. The van der Waals surface area contributed by atoms with Crippen LogP contribution >= 0.6 is 0 Å². The van der Waals surface area contributed by atoms with E-state index in [4.69, 9.17) is 4.43 Å². The third kappa shape index (κ3) is 6.27. The normalized spacial score (nSPS) is 14.5. The standard InChI is InChI=1S/C26H40O3Si/c1-5-6-7-8-15-20-24(27)25(28)21-29-30(26(2,3)4,22-16-11-9-12-17-22)23-18-13-10-14-19-23/h9-14,16-19,24-25,27-28H,5-8,15,20-21H2,1-4H3/t24-,25-/m1/s1. The van der Waals surface area contributed by atoms with E-state index >= 15 is 0 Å². The maximum atomic E-state index is 10.7. The lowest BCUT2D eigenvalue weighted by Gasteiger charge is -2.43. The number of rotatable bonds is 12. The fourth-order valence-corrected chi connectivity index (χ4v) is 8.81. The van der Waals surface area contributed by atoms with Crippen molar-refractivity contribution in [2.75, 3.05) is 6.61 Å². The molecule has 2 rings (SSSR count). The summed E-state index contributed by atoms with van der Waals surface area (Å²) in [5.74, 6) is 0. The van der Waals surface area contributed by atoms with Crippen molar-refractivity contribution in [3.63, 3.8) is 0 Å². The molecular weight excluding hydrogens is 388 g/mol. The summed E-state index contributed by atoms with van der Waals surface area (Å²) in [6.45, 7) is 8.99. The average Bonchev–Trinajstić information content (AvgIpc) is 2.74. The highest BCUT2D eigenvalue weighted by molar-refractivity contribution is 6.99. The SMILES string of the molecule is CCCCCCC[C@@H](O)[C@H](O)CO[Si](c1ccccc1)(c1ccccc1)C(C)(C)C. The molecule has 0 spiro atoms. The largest absolute Gasteiger partial charge is 0.405 e. The second kappa shape index (κ2) is 11.8. The predicted molar refractivity (Wildman–Crippen MR) is 129 cm³/mol. The molecule has 0 radical (unpaired) electrons. The van der Waals surface area contributed by atoms with Crippen molar-refractivity contribution in [2.24, 2.45) is 0 Å². The van der Waals surface area contributed by atoms with Crippen LogP contribution in [0.25, 0.3) is 0 Å². The van der Waals surface area contributed by atoms with Crippen molar-refractivity contribution < 1.29 is 14.6 Å². The molecule has 0 fully saturated rings. The second-order valence-corrected chi connectivity index (χ2v) is 13.6. The summed E-state index contributed by atoms with van der Waals surface area (Å²) in [6, 6.07) is 20.8. The molecule has 166 valence electrons. The summed E-state index contributed by atoms with van der Waals surface area (Å²) in [7, 11) is -2.68. The van der Waals surface area contributed by atoms with Gasteiger partial charge in [-0.1, -0.05) is 120 Å². The van der Waals surface area contributed by atoms with Crippen LogP contribution in [0.3, 0.4) is 0 Å². The van der Waals surface area contributed by atoms with E-state index in [1.807, 2.05) is 12.1 Å². The lowest BCUT2D eigenvalue weighted by atomic mass is 10.1. The molecule has 0 unspecified atom stereocenters. The molecule has 0 saturated carbocycles.